The van der Waals surface area contributed by atoms with E-state index in [1.165, 1.54) is 21.6 Å². The summed E-state index contributed by atoms with van der Waals surface area (Å²) in [7, 11) is 1.64. The average Bonchev–Trinajstić information content (AvgIpc) is 3.24. The summed E-state index contributed by atoms with van der Waals surface area (Å²) in [6.45, 7) is -0.161. The summed E-state index contributed by atoms with van der Waals surface area (Å²) in [5.74, 6) is 1.02. The van der Waals surface area contributed by atoms with Crippen molar-refractivity contribution in [2.75, 3.05) is 5.32 Å². The van der Waals surface area contributed by atoms with Gasteiger partial charge in [0.05, 0.1) is 29.3 Å². The minimum absolute atomic E-state index is 0.145. The summed E-state index contributed by atoms with van der Waals surface area (Å²) in [6, 6.07) is 7.22. The zero-order valence-corrected chi connectivity index (χ0v) is 13.8. The second-order valence-electron chi connectivity index (χ2n) is 5.83. The Bertz CT molecular complexity index is 1140. The van der Waals surface area contributed by atoms with Gasteiger partial charge in [-0.05, 0) is 12.1 Å². The molecule has 0 aliphatic carbocycles. The molecular formula is C16H15F2N7O. The van der Waals surface area contributed by atoms with Crippen LogP contribution < -0.4 is 10.9 Å². The molecule has 0 saturated heterocycles. The fraction of sp³-hybridized carbons (Fsp3) is 0.250. The van der Waals surface area contributed by atoms with Crippen molar-refractivity contribution in [1.82, 2.24) is 28.9 Å². The van der Waals surface area contributed by atoms with Gasteiger partial charge in [-0.15, -0.1) is 10.2 Å². The molecule has 10 heteroatoms. The molecule has 4 aromatic rings. The van der Waals surface area contributed by atoms with Gasteiger partial charge in [-0.25, -0.2) is 8.78 Å². The second-order valence-corrected chi connectivity index (χ2v) is 5.83. The van der Waals surface area contributed by atoms with E-state index >= 15 is 0 Å². The molecule has 0 bridgehead atoms. The molecule has 0 radical (unpaired) electrons. The number of hydrogen-bond acceptors (Lipinski definition) is 5. The number of anilines is 1. The SMILES string of the molecule is Cn1c(=O)c2ccccc2n2c(CNc3cnn(CC(F)F)c3)nnc12. The summed E-state index contributed by atoms with van der Waals surface area (Å²) in [4.78, 5) is 12.4. The molecule has 8 nitrogen and oxygen atoms in total. The Morgan fingerprint density at radius 1 is 1.23 bits per heavy atom. The molecule has 26 heavy (non-hydrogen) atoms. The lowest BCUT2D eigenvalue weighted by molar-refractivity contribution is 0.122. The number of fused-ring (bicyclic) bond motifs is 3. The third-order valence-electron chi connectivity index (χ3n) is 4.10. The van der Waals surface area contributed by atoms with Crippen LogP contribution in [0.3, 0.4) is 0 Å². The molecule has 3 aromatic heterocycles. The standard InChI is InChI=1S/C16H15F2N7O/c1-23-15(26)11-4-2-3-5-12(11)25-14(21-22-16(23)25)7-19-10-6-20-24(8-10)9-13(17)18/h2-6,8,13,19H,7,9H2,1H3. The fourth-order valence-corrected chi connectivity index (χ4v) is 2.88. The number of hydrogen-bond donors (Lipinski definition) is 1. The fourth-order valence-electron chi connectivity index (χ4n) is 2.88. The highest BCUT2D eigenvalue weighted by Gasteiger charge is 2.14. The van der Waals surface area contributed by atoms with Gasteiger partial charge in [0.25, 0.3) is 12.0 Å². The van der Waals surface area contributed by atoms with Gasteiger partial charge < -0.3 is 5.32 Å². The molecule has 0 fully saturated rings. The Kier molecular flexibility index (Phi) is 3.86. The summed E-state index contributed by atoms with van der Waals surface area (Å²) in [6.07, 6.45) is 0.513. The molecular weight excluding hydrogens is 344 g/mol. The van der Waals surface area contributed by atoms with E-state index in [-0.39, 0.29) is 5.56 Å². The van der Waals surface area contributed by atoms with Gasteiger partial charge in [0, 0.05) is 13.2 Å². The highest BCUT2D eigenvalue weighted by atomic mass is 19.3. The summed E-state index contributed by atoms with van der Waals surface area (Å²) in [5, 5.41) is 15.8. The summed E-state index contributed by atoms with van der Waals surface area (Å²) < 4.78 is 29.2. The smallest absolute Gasteiger partial charge is 0.262 e. The van der Waals surface area contributed by atoms with Crippen LogP contribution in [0.25, 0.3) is 16.7 Å². The molecule has 0 spiro atoms. The molecule has 4 rings (SSSR count). The lowest BCUT2D eigenvalue weighted by Crippen LogP contribution is -2.20. The lowest BCUT2D eigenvalue weighted by Gasteiger charge is -2.08. The Balaban J connectivity index is 1.69. The number of alkyl halides is 2. The quantitative estimate of drug-likeness (QED) is 0.586. The van der Waals surface area contributed by atoms with E-state index in [1.807, 2.05) is 12.1 Å². The Hall–Kier alpha value is -3.30. The van der Waals surface area contributed by atoms with Crippen LogP contribution in [0.1, 0.15) is 5.82 Å². The number of aryl methyl sites for hydroxylation is 1. The number of rotatable bonds is 5. The van der Waals surface area contributed by atoms with Crippen LogP contribution in [0, 0.1) is 0 Å². The number of nitrogens with one attached hydrogen (secondary N) is 1. The number of halogens is 2. The summed E-state index contributed by atoms with van der Waals surface area (Å²) >= 11 is 0. The van der Waals surface area contributed by atoms with Gasteiger partial charge >= 0.3 is 0 Å². The van der Waals surface area contributed by atoms with Crippen molar-refractivity contribution in [3.63, 3.8) is 0 Å². The molecule has 1 N–H and O–H groups in total. The summed E-state index contributed by atoms with van der Waals surface area (Å²) in [5.41, 5.74) is 1.16. The molecule has 0 aliphatic rings. The monoisotopic (exact) mass is 359 g/mol. The second kappa shape index (κ2) is 6.21. The van der Waals surface area contributed by atoms with Gasteiger partial charge in [0.15, 0.2) is 5.82 Å². The van der Waals surface area contributed by atoms with Gasteiger partial charge in [0.2, 0.25) is 5.78 Å². The maximum atomic E-state index is 12.4. The first-order chi connectivity index (χ1) is 12.5. The molecule has 0 aliphatic heterocycles. The van der Waals surface area contributed by atoms with Crippen molar-refractivity contribution < 1.29 is 8.78 Å². The van der Waals surface area contributed by atoms with Crippen LogP contribution in [-0.2, 0) is 20.1 Å². The zero-order chi connectivity index (χ0) is 18.3. The molecule has 3 heterocycles. The maximum Gasteiger partial charge on any atom is 0.262 e. The van der Waals surface area contributed by atoms with E-state index in [0.29, 0.717) is 34.7 Å². The number of benzene rings is 1. The zero-order valence-electron chi connectivity index (χ0n) is 13.8. The van der Waals surface area contributed by atoms with E-state index in [4.69, 9.17) is 0 Å². The Labute approximate surface area is 145 Å². The lowest BCUT2D eigenvalue weighted by atomic mass is 10.2. The molecule has 1 aromatic carbocycles. The van der Waals surface area contributed by atoms with E-state index in [1.54, 1.807) is 23.6 Å². The van der Waals surface area contributed by atoms with E-state index in [0.717, 1.165) is 0 Å². The van der Waals surface area contributed by atoms with Gasteiger partial charge in [0.1, 0.15) is 6.54 Å². The van der Waals surface area contributed by atoms with Crippen LogP contribution in [0.2, 0.25) is 0 Å². The molecule has 0 unspecified atom stereocenters. The van der Waals surface area contributed by atoms with Crippen LogP contribution in [0.5, 0.6) is 0 Å². The largest absolute Gasteiger partial charge is 0.375 e. The highest BCUT2D eigenvalue weighted by Crippen LogP contribution is 2.15. The van der Waals surface area contributed by atoms with Crippen LogP contribution in [0.15, 0.2) is 41.5 Å². The number of para-hydroxylation sites is 1. The first-order valence-electron chi connectivity index (χ1n) is 7.91. The topological polar surface area (TPSA) is 82.0 Å². The van der Waals surface area contributed by atoms with E-state index < -0.39 is 13.0 Å². The number of aromatic nitrogens is 6. The molecule has 134 valence electrons. The Morgan fingerprint density at radius 2 is 2.04 bits per heavy atom. The van der Waals surface area contributed by atoms with Crippen molar-refractivity contribution in [2.45, 2.75) is 19.5 Å². The molecule has 0 atom stereocenters. The molecule has 0 amide bonds. The minimum Gasteiger partial charge on any atom is -0.375 e. The van der Waals surface area contributed by atoms with Crippen molar-refractivity contribution >= 4 is 22.4 Å². The van der Waals surface area contributed by atoms with E-state index in [2.05, 4.69) is 20.6 Å². The van der Waals surface area contributed by atoms with Crippen molar-refractivity contribution in [3.05, 3.63) is 52.8 Å². The van der Waals surface area contributed by atoms with Gasteiger partial charge in [-0.1, -0.05) is 12.1 Å². The van der Waals surface area contributed by atoms with Crippen LogP contribution >= 0.6 is 0 Å². The average molecular weight is 359 g/mol. The molecule has 0 saturated carbocycles. The van der Waals surface area contributed by atoms with Crippen molar-refractivity contribution in [1.29, 1.82) is 0 Å². The van der Waals surface area contributed by atoms with Crippen molar-refractivity contribution in [3.8, 4) is 0 Å². The minimum atomic E-state index is -2.46. The predicted octanol–water partition coefficient (Wildman–Crippen LogP) is 1.65. The number of nitrogens with zero attached hydrogens (tertiary/aromatic N) is 6. The van der Waals surface area contributed by atoms with Gasteiger partial charge in [-0.3, -0.25) is 18.4 Å². The van der Waals surface area contributed by atoms with Crippen LogP contribution in [0.4, 0.5) is 14.5 Å². The van der Waals surface area contributed by atoms with Crippen molar-refractivity contribution in [2.24, 2.45) is 7.05 Å². The third kappa shape index (κ3) is 2.68. The first kappa shape index (κ1) is 16.2. The predicted molar refractivity (Wildman–Crippen MR) is 91.3 cm³/mol. The van der Waals surface area contributed by atoms with Crippen LogP contribution in [-0.4, -0.2) is 35.4 Å². The highest BCUT2D eigenvalue weighted by molar-refractivity contribution is 5.80. The van der Waals surface area contributed by atoms with Gasteiger partial charge in [-0.2, -0.15) is 5.10 Å². The van der Waals surface area contributed by atoms with E-state index in [9.17, 15) is 13.6 Å². The third-order valence-corrected chi connectivity index (χ3v) is 4.10. The maximum absolute atomic E-state index is 12.4. The first-order valence-corrected chi connectivity index (χ1v) is 7.91. The Morgan fingerprint density at radius 3 is 2.85 bits per heavy atom. The normalized spacial score (nSPS) is 11.7.